The number of aromatic nitrogens is 1. The summed E-state index contributed by atoms with van der Waals surface area (Å²) in [5.41, 5.74) is 1.53. The molecule has 0 aliphatic heterocycles. The van der Waals surface area contributed by atoms with Crippen molar-refractivity contribution < 1.29 is 19.0 Å². The van der Waals surface area contributed by atoms with Crippen LogP contribution in [0.5, 0.6) is 0 Å². The molecule has 0 aliphatic carbocycles. The van der Waals surface area contributed by atoms with Crippen molar-refractivity contribution in [2.75, 3.05) is 33.4 Å². The maximum atomic E-state index is 13.4. The Morgan fingerprint density at radius 3 is 2.82 bits per heavy atom. The fraction of sp³-hybridized carbons (Fsp3) is 0.375. The number of fused-ring (bicyclic) bond motifs is 1. The number of rotatable bonds is 6. The van der Waals surface area contributed by atoms with E-state index >= 15 is 0 Å². The van der Waals surface area contributed by atoms with Crippen LogP contribution in [0.15, 0.2) is 24.3 Å². The molecule has 0 unspecified atom stereocenters. The van der Waals surface area contributed by atoms with Gasteiger partial charge in [-0.25, -0.2) is 4.39 Å². The van der Waals surface area contributed by atoms with Gasteiger partial charge in [-0.1, -0.05) is 0 Å². The Kier molecular flexibility index (Phi) is 5.41. The summed E-state index contributed by atoms with van der Waals surface area (Å²) >= 11 is 0. The summed E-state index contributed by atoms with van der Waals surface area (Å²) < 4.78 is 18.4. The lowest BCUT2D eigenvalue weighted by Gasteiger charge is -2.22. The smallest absolute Gasteiger partial charge is 0.254 e. The Bertz CT molecular complexity index is 670. The van der Waals surface area contributed by atoms with Gasteiger partial charge in [0.2, 0.25) is 0 Å². The number of carbonyl (C=O) groups is 1. The summed E-state index contributed by atoms with van der Waals surface area (Å²) in [4.78, 5) is 18.5. The van der Waals surface area contributed by atoms with Gasteiger partial charge in [-0.3, -0.25) is 9.78 Å². The predicted octanol–water partition coefficient (Wildman–Crippen LogP) is 1.76. The maximum Gasteiger partial charge on any atom is 0.254 e. The van der Waals surface area contributed by atoms with Crippen LogP contribution in [0.3, 0.4) is 0 Å². The van der Waals surface area contributed by atoms with Gasteiger partial charge in [0.25, 0.3) is 5.91 Å². The largest absolute Gasteiger partial charge is 0.395 e. The second-order valence-corrected chi connectivity index (χ2v) is 4.98. The number of hydrogen-bond donors (Lipinski definition) is 1. The lowest BCUT2D eigenvalue weighted by atomic mass is 10.1. The van der Waals surface area contributed by atoms with E-state index in [0.717, 1.165) is 0 Å². The molecule has 0 saturated carbocycles. The van der Waals surface area contributed by atoms with Crippen molar-refractivity contribution in [3.63, 3.8) is 0 Å². The molecule has 1 N–H and O–H groups in total. The molecular weight excluding hydrogens is 287 g/mol. The SMILES string of the molecule is COCCN(CCO)C(=O)c1cc(C)nc2cc(F)ccc12. The molecule has 1 aromatic heterocycles. The molecule has 2 rings (SSSR count). The van der Waals surface area contributed by atoms with Crippen LogP contribution in [0, 0.1) is 12.7 Å². The second kappa shape index (κ2) is 7.29. The minimum atomic E-state index is -0.393. The van der Waals surface area contributed by atoms with Gasteiger partial charge < -0.3 is 14.7 Å². The molecule has 2 aromatic rings. The third kappa shape index (κ3) is 3.58. The third-order valence-corrected chi connectivity index (χ3v) is 3.35. The van der Waals surface area contributed by atoms with E-state index in [4.69, 9.17) is 9.84 Å². The minimum Gasteiger partial charge on any atom is -0.395 e. The Morgan fingerprint density at radius 1 is 1.36 bits per heavy atom. The van der Waals surface area contributed by atoms with Gasteiger partial charge in [-0.05, 0) is 25.1 Å². The zero-order chi connectivity index (χ0) is 16.1. The van der Waals surface area contributed by atoms with Crippen LogP contribution in [-0.2, 0) is 4.74 Å². The number of ether oxygens (including phenoxy) is 1. The van der Waals surface area contributed by atoms with Crippen molar-refractivity contribution in [1.29, 1.82) is 0 Å². The second-order valence-electron chi connectivity index (χ2n) is 4.98. The number of aryl methyl sites for hydroxylation is 1. The highest BCUT2D eigenvalue weighted by atomic mass is 19.1. The van der Waals surface area contributed by atoms with Gasteiger partial charge in [0.05, 0.1) is 24.3 Å². The zero-order valence-corrected chi connectivity index (χ0v) is 12.7. The van der Waals surface area contributed by atoms with Crippen LogP contribution in [0.25, 0.3) is 10.9 Å². The number of nitrogens with zero attached hydrogens (tertiary/aromatic N) is 2. The first-order valence-electron chi connectivity index (χ1n) is 7.02. The molecule has 1 aromatic carbocycles. The molecule has 22 heavy (non-hydrogen) atoms. The zero-order valence-electron chi connectivity index (χ0n) is 12.7. The number of aliphatic hydroxyl groups is 1. The summed E-state index contributed by atoms with van der Waals surface area (Å²) in [7, 11) is 1.55. The molecule has 118 valence electrons. The van der Waals surface area contributed by atoms with Crippen LogP contribution in [0.4, 0.5) is 4.39 Å². The van der Waals surface area contributed by atoms with Crippen LogP contribution in [-0.4, -0.2) is 54.3 Å². The molecule has 0 radical (unpaired) electrons. The van der Waals surface area contributed by atoms with Gasteiger partial charge >= 0.3 is 0 Å². The Labute approximate surface area is 128 Å². The van der Waals surface area contributed by atoms with Gasteiger partial charge in [-0.15, -0.1) is 0 Å². The summed E-state index contributed by atoms with van der Waals surface area (Å²) in [5, 5.41) is 9.73. The molecule has 0 saturated heterocycles. The van der Waals surface area contributed by atoms with Crippen LogP contribution >= 0.6 is 0 Å². The van der Waals surface area contributed by atoms with E-state index < -0.39 is 5.82 Å². The number of hydrogen-bond acceptors (Lipinski definition) is 4. The first kappa shape index (κ1) is 16.3. The lowest BCUT2D eigenvalue weighted by molar-refractivity contribution is 0.0658. The van der Waals surface area contributed by atoms with Crippen molar-refractivity contribution in [2.45, 2.75) is 6.92 Å². The number of pyridine rings is 1. The lowest BCUT2D eigenvalue weighted by Crippen LogP contribution is -2.36. The monoisotopic (exact) mass is 306 g/mol. The number of aliphatic hydroxyl groups excluding tert-OH is 1. The van der Waals surface area contributed by atoms with Crippen molar-refractivity contribution in [3.05, 3.63) is 41.3 Å². The van der Waals surface area contributed by atoms with Crippen molar-refractivity contribution in [1.82, 2.24) is 9.88 Å². The molecular formula is C16H19FN2O3. The van der Waals surface area contributed by atoms with Gasteiger partial charge in [0.15, 0.2) is 0 Å². The maximum absolute atomic E-state index is 13.4. The summed E-state index contributed by atoms with van der Waals surface area (Å²) in [6.07, 6.45) is 0. The molecule has 6 heteroatoms. The molecule has 0 atom stereocenters. The predicted molar refractivity (Wildman–Crippen MR) is 81.3 cm³/mol. The normalized spacial score (nSPS) is 10.9. The average Bonchev–Trinajstić information content (AvgIpc) is 2.49. The average molecular weight is 306 g/mol. The molecule has 5 nitrogen and oxygen atoms in total. The molecule has 0 aliphatic rings. The highest BCUT2D eigenvalue weighted by molar-refractivity contribution is 6.06. The fourth-order valence-corrected chi connectivity index (χ4v) is 2.32. The van der Waals surface area contributed by atoms with E-state index in [1.54, 1.807) is 26.2 Å². The van der Waals surface area contributed by atoms with E-state index in [-0.39, 0.29) is 19.1 Å². The Balaban J connectivity index is 2.45. The first-order chi connectivity index (χ1) is 10.6. The van der Waals surface area contributed by atoms with Gasteiger partial charge in [0.1, 0.15) is 5.82 Å². The minimum absolute atomic E-state index is 0.133. The van der Waals surface area contributed by atoms with Crippen molar-refractivity contribution in [2.24, 2.45) is 0 Å². The molecule has 0 fully saturated rings. The highest BCUT2D eigenvalue weighted by Gasteiger charge is 2.19. The molecule has 0 bridgehead atoms. The fourth-order valence-electron chi connectivity index (χ4n) is 2.32. The summed E-state index contributed by atoms with van der Waals surface area (Å²) in [6.45, 7) is 2.59. The number of methoxy groups -OCH3 is 1. The van der Waals surface area contributed by atoms with E-state index in [1.165, 1.54) is 17.0 Å². The first-order valence-corrected chi connectivity index (χ1v) is 7.02. The van der Waals surface area contributed by atoms with Crippen LogP contribution < -0.4 is 0 Å². The number of benzene rings is 1. The highest BCUT2D eigenvalue weighted by Crippen LogP contribution is 2.21. The van der Waals surface area contributed by atoms with Crippen molar-refractivity contribution >= 4 is 16.8 Å². The molecule has 1 amide bonds. The molecule has 0 spiro atoms. The van der Waals surface area contributed by atoms with E-state index in [0.29, 0.717) is 35.3 Å². The number of amides is 1. The van der Waals surface area contributed by atoms with Crippen LogP contribution in [0.2, 0.25) is 0 Å². The van der Waals surface area contributed by atoms with E-state index in [9.17, 15) is 9.18 Å². The van der Waals surface area contributed by atoms with Gasteiger partial charge in [0, 0.05) is 37.3 Å². The van der Waals surface area contributed by atoms with E-state index in [1.807, 2.05) is 0 Å². The summed E-state index contributed by atoms with van der Waals surface area (Å²) in [5.74, 6) is -0.621. The topological polar surface area (TPSA) is 62.7 Å². The van der Waals surface area contributed by atoms with Crippen molar-refractivity contribution in [3.8, 4) is 0 Å². The third-order valence-electron chi connectivity index (χ3n) is 3.35. The van der Waals surface area contributed by atoms with E-state index in [2.05, 4.69) is 4.98 Å². The van der Waals surface area contributed by atoms with Gasteiger partial charge in [-0.2, -0.15) is 0 Å². The quantitative estimate of drug-likeness (QED) is 0.883. The Hall–Kier alpha value is -2.05. The molecule has 1 heterocycles. The van der Waals surface area contributed by atoms with Crippen LogP contribution in [0.1, 0.15) is 16.1 Å². The number of carbonyl (C=O) groups excluding carboxylic acids is 1. The summed E-state index contributed by atoms with van der Waals surface area (Å²) in [6, 6.07) is 5.85. The Morgan fingerprint density at radius 2 is 2.14 bits per heavy atom. The number of halogens is 1. The standard InChI is InChI=1S/C16H19FN2O3/c1-11-9-14(13-4-3-12(17)10-15(13)18-11)16(21)19(5-7-20)6-8-22-2/h3-4,9-10,20H,5-8H2,1-2H3.